The van der Waals surface area contributed by atoms with Gasteiger partial charge in [-0.1, -0.05) is 27.7 Å². The van der Waals surface area contributed by atoms with E-state index in [0.29, 0.717) is 30.1 Å². The third-order valence-electron chi connectivity index (χ3n) is 3.22. The topological polar surface area (TPSA) is 68.3 Å². The number of furan rings is 1. The summed E-state index contributed by atoms with van der Waals surface area (Å²) in [5, 5.41) is 13.8. The Labute approximate surface area is 108 Å². The molecular formula is C13H22N2O3. The lowest BCUT2D eigenvalue weighted by Gasteiger charge is -2.24. The molecule has 1 N–H and O–H groups in total. The maximum Gasteiger partial charge on any atom is 0.433 e. The van der Waals surface area contributed by atoms with Gasteiger partial charge in [-0.25, -0.2) is 0 Å². The maximum absolute atomic E-state index is 10.5. The molecule has 0 spiro atoms. The lowest BCUT2D eigenvalue weighted by atomic mass is 9.85. The third-order valence-corrected chi connectivity index (χ3v) is 3.22. The summed E-state index contributed by atoms with van der Waals surface area (Å²) in [6.07, 6.45) is 0. The molecule has 0 unspecified atom stereocenters. The lowest BCUT2D eigenvalue weighted by molar-refractivity contribution is -0.402. The van der Waals surface area contributed by atoms with Crippen LogP contribution in [0, 0.1) is 27.9 Å². The Balaban J connectivity index is 2.42. The molecule has 0 saturated carbocycles. The summed E-state index contributed by atoms with van der Waals surface area (Å²) >= 11 is 0. The summed E-state index contributed by atoms with van der Waals surface area (Å²) in [7, 11) is 0. The molecule has 0 saturated heterocycles. The molecule has 102 valence electrons. The largest absolute Gasteiger partial charge is 0.433 e. The first-order valence-corrected chi connectivity index (χ1v) is 6.35. The van der Waals surface area contributed by atoms with E-state index in [9.17, 15) is 10.1 Å². The van der Waals surface area contributed by atoms with E-state index in [4.69, 9.17) is 4.42 Å². The Hall–Kier alpha value is -1.36. The minimum absolute atomic E-state index is 0.198. The van der Waals surface area contributed by atoms with Crippen LogP contribution in [0.3, 0.4) is 0 Å². The Morgan fingerprint density at radius 2 is 1.89 bits per heavy atom. The van der Waals surface area contributed by atoms with Crippen molar-refractivity contribution < 1.29 is 9.34 Å². The zero-order valence-corrected chi connectivity index (χ0v) is 11.5. The van der Waals surface area contributed by atoms with Crippen LogP contribution >= 0.6 is 0 Å². The Kier molecular flexibility index (Phi) is 5.34. The van der Waals surface area contributed by atoms with Crippen molar-refractivity contribution in [2.24, 2.45) is 17.8 Å². The Morgan fingerprint density at radius 1 is 1.28 bits per heavy atom. The summed E-state index contributed by atoms with van der Waals surface area (Å²) in [4.78, 5) is 9.95. The predicted octanol–water partition coefficient (Wildman–Crippen LogP) is 3.21. The van der Waals surface area contributed by atoms with Crippen molar-refractivity contribution in [2.45, 2.75) is 34.2 Å². The van der Waals surface area contributed by atoms with E-state index in [1.807, 2.05) is 0 Å². The molecular weight excluding hydrogens is 232 g/mol. The highest BCUT2D eigenvalue weighted by molar-refractivity contribution is 5.17. The first-order valence-electron chi connectivity index (χ1n) is 6.35. The van der Waals surface area contributed by atoms with Crippen LogP contribution in [0.25, 0.3) is 0 Å². The van der Waals surface area contributed by atoms with Crippen LogP contribution in [-0.4, -0.2) is 11.5 Å². The standard InChI is InChI=1S/C13H22N2O3/c1-9(2)12(10(3)4)8-14-7-11-5-6-13(18-11)15(16)17/h5-6,9-10,12,14H,7-8H2,1-4H3. The number of nitrogens with one attached hydrogen (secondary N) is 1. The van der Waals surface area contributed by atoms with Gasteiger partial charge in [-0.15, -0.1) is 0 Å². The molecule has 0 aliphatic heterocycles. The second kappa shape index (κ2) is 6.54. The number of nitro groups is 1. The van der Waals surface area contributed by atoms with Crippen LogP contribution < -0.4 is 5.32 Å². The highest BCUT2D eigenvalue weighted by Crippen LogP contribution is 2.20. The van der Waals surface area contributed by atoms with Gasteiger partial charge in [-0.05, 0) is 30.4 Å². The van der Waals surface area contributed by atoms with Gasteiger partial charge in [0, 0.05) is 0 Å². The molecule has 1 aromatic rings. The zero-order chi connectivity index (χ0) is 13.7. The molecule has 1 rings (SSSR count). The third kappa shape index (κ3) is 4.14. The van der Waals surface area contributed by atoms with E-state index in [2.05, 4.69) is 33.0 Å². The summed E-state index contributed by atoms with van der Waals surface area (Å²) < 4.78 is 5.09. The fourth-order valence-corrected chi connectivity index (χ4v) is 2.16. The minimum atomic E-state index is -0.519. The summed E-state index contributed by atoms with van der Waals surface area (Å²) in [5.41, 5.74) is 0. The van der Waals surface area contributed by atoms with Crippen LogP contribution in [-0.2, 0) is 6.54 Å². The SMILES string of the molecule is CC(C)C(CNCc1ccc([N+](=O)[O-])o1)C(C)C. The van der Waals surface area contributed by atoms with Crippen molar-refractivity contribution >= 4 is 5.88 Å². The van der Waals surface area contributed by atoms with Crippen molar-refractivity contribution in [1.82, 2.24) is 5.32 Å². The number of rotatable bonds is 7. The number of nitrogens with zero attached hydrogens (tertiary/aromatic N) is 1. The molecule has 0 amide bonds. The van der Waals surface area contributed by atoms with Gasteiger partial charge in [-0.3, -0.25) is 10.1 Å². The predicted molar refractivity (Wildman–Crippen MR) is 70.2 cm³/mol. The Morgan fingerprint density at radius 3 is 2.33 bits per heavy atom. The van der Waals surface area contributed by atoms with Crippen LogP contribution in [0.2, 0.25) is 0 Å². The summed E-state index contributed by atoms with van der Waals surface area (Å²) in [6.45, 7) is 10.3. The molecule has 5 heteroatoms. The van der Waals surface area contributed by atoms with Crippen LogP contribution in [0.4, 0.5) is 5.88 Å². The normalized spacial score (nSPS) is 11.7. The van der Waals surface area contributed by atoms with Gasteiger partial charge in [0.1, 0.15) is 10.7 Å². The molecule has 0 radical (unpaired) electrons. The van der Waals surface area contributed by atoms with E-state index < -0.39 is 4.92 Å². The average Bonchev–Trinajstić information content (AvgIpc) is 2.71. The molecule has 0 aliphatic carbocycles. The highest BCUT2D eigenvalue weighted by Gasteiger charge is 2.17. The van der Waals surface area contributed by atoms with Crippen molar-refractivity contribution in [1.29, 1.82) is 0 Å². The van der Waals surface area contributed by atoms with Crippen LogP contribution in [0.5, 0.6) is 0 Å². The molecule has 0 aromatic carbocycles. The van der Waals surface area contributed by atoms with Crippen molar-refractivity contribution in [3.63, 3.8) is 0 Å². The van der Waals surface area contributed by atoms with Gasteiger partial charge in [-0.2, -0.15) is 0 Å². The summed E-state index contributed by atoms with van der Waals surface area (Å²) in [5.74, 6) is 2.23. The fourth-order valence-electron chi connectivity index (χ4n) is 2.16. The number of hydrogen-bond donors (Lipinski definition) is 1. The van der Waals surface area contributed by atoms with E-state index in [0.717, 1.165) is 6.54 Å². The van der Waals surface area contributed by atoms with Crippen molar-refractivity contribution in [3.8, 4) is 0 Å². The summed E-state index contributed by atoms with van der Waals surface area (Å²) in [6, 6.07) is 3.03. The quantitative estimate of drug-likeness (QED) is 0.599. The molecule has 0 bridgehead atoms. The fraction of sp³-hybridized carbons (Fsp3) is 0.692. The molecule has 5 nitrogen and oxygen atoms in total. The average molecular weight is 254 g/mol. The smallest absolute Gasteiger partial charge is 0.404 e. The van der Waals surface area contributed by atoms with Gasteiger partial charge in [0.15, 0.2) is 0 Å². The van der Waals surface area contributed by atoms with Crippen molar-refractivity contribution in [3.05, 3.63) is 28.0 Å². The van der Waals surface area contributed by atoms with E-state index in [1.54, 1.807) is 6.07 Å². The van der Waals surface area contributed by atoms with E-state index in [1.165, 1.54) is 6.07 Å². The van der Waals surface area contributed by atoms with Crippen LogP contribution in [0.1, 0.15) is 33.5 Å². The molecule has 18 heavy (non-hydrogen) atoms. The second-order valence-electron chi connectivity index (χ2n) is 5.28. The van der Waals surface area contributed by atoms with Gasteiger partial charge >= 0.3 is 5.88 Å². The van der Waals surface area contributed by atoms with E-state index >= 15 is 0 Å². The first kappa shape index (κ1) is 14.7. The highest BCUT2D eigenvalue weighted by atomic mass is 16.6. The van der Waals surface area contributed by atoms with Gasteiger partial charge in [0.25, 0.3) is 0 Å². The van der Waals surface area contributed by atoms with Gasteiger partial charge in [0.05, 0.1) is 12.6 Å². The van der Waals surface area contributed by atoms with E-state index in [-0.39, 0.29) is 5.88 Å². The maximum atomic E-state index is 10.5. The monoisotopic (exact) mass is 254 g/mol. The minimum Gasteiger partial charge on any atom is -0.404 e. The molecule has 1 aromatic heterocycles. The van der Waals surface area contributed by atoms with Crippen molar-refractivity contribution in [2.75, 3.05) is 6.54 Å². The van der Waals surface area contributed by atoms with Gasteiger partial charge < -0.3 is 9.73 Å². The Bertz CT molecular complexity index is 377. The molecule has 0 aliphatic rings. The van der Waals surface area contributed by atoms with Gasteiger partial charge in [0.2, 0.25) is 0 Å². The number of hydrogen-bond acceptors (Lipinski definition) is 4. The molecule has 1 heterocycles. The lowest BCUT2D eigenvalue weighted by Crippen LogP contribution is -2.29. The first-order chi connectivity index (χ1) is 8.41. The second-order valence-corrected chi connectivity index (χ2v) is 5.28. The molecule has 0 fully saturated rings. The van der Waals surface area contributed by atoms with Crippen LogP contribution in [0.15, 0.2) is 16.5 Å². The zero-order valence-electron chi connectivity index (χ0n) is 11.5. The molecule has 0 atom stereocenters.